The monoisotopic (exact) mass is 235 g/mol. The van der Waals surface area contributed by atoms with Crippen LogP contribution in [-0.4, -0.2) is 37.1 Å². The predicted octanol–water partition coefficient (Wildman–Crippen LogP) is 2.14. The van der Waals surface area contributed by atoms with Crippen molar-refractivity contribution in [3.05, 3.63) is 0 Å². The average Bonchev–Trinajstić information content (AvgIpc) is 2.39. The van der Waals surface area contributed by atoms with E-state index in [0.717, 1.165) is 19.0 Å². The summed E-state index contributed by atoms with van der Waals surface area (Å²) >= 11 is 0. The van der Waals surface area contributed by atoms with Crippen molar-refractivity contribution in [2.75, 3.05) is 26.2 Å². The molecule has 1 N–H and O–H groups in total. The molecule has 0 aromatic carbocycles. The van der Waals surface area contributed by atoms with Crippen LogP contribution < -0.4 is 5.32 Å². The summed E-state index contributed by atoms with van der Waals surface area (Å²) < 4.78 is 0. The van der Waals surface area contributed by atoms with E-state index in [0.29, 0.717) is 12.6 Å². The van der Waals surface area contributed by atoms with Gasteiger partial charge < -0.3 is 5.32 Å². The lowest BCUT2D eigenvalue weighted by molar-refractivity contribution is 0.200. The Hall–Kier alpha value is -0.590. The van der Waals surface area contributed by atoms with Crippen LogP contribution in [-0.2, 0) is 0 Å². The fourth-order valence-electron chi connectivity index (χ4n) is 3.19. The Bertz CT molecular complexity index is 253. The van der Waals surface area contributed by atoms with Crippen molar-refractivity contribution < 1.29 is 0 Å². The lowest BCUT2D eigenvalue weighted by Crippen LogP contribution is -2.47. The summed E-state index contributed by atoms with van der Waals surface area (Å²) in [5, 5.41) is 12.5. The largest absolute Gasteiger partial charge is 0.312 e. The highest BCUT2D eigenvalue weighted by molar-refractivity contribution is 4.84. The molecular weight excluding hydrogens is 210 g/mol. The van der Waals surface area contributed by atoms with Crippen LogP contribution in [0.4, 0.5) is 0 Å². The van der Waals surface area contributed by atoms with E-state index in [1.54, 1.807) is 0 Å². The molecule has 1 saturated carbocycles. The predicted molar refractivity (Wildman–Crippen MR) is 69.7 cm³/mol. The van der Waals surface area contributed by atoms with Crippen LogP contribution in [0.5, 0.6) is 0 Å². The van der Waals surface area contributed by atoms with Gasteiger partial charge in [0, 0.05) is 12.6 Å². The van der Waals surface area contributed by atoms with Gasteiger partial charge in [-0.05, 0) is 44.7 Å². The Balaban J connectivity index is 1.66. The van der Waals surface area contributed by atoms with Gasteiger partial charge in [-0.1, -0.05) is 19.3 Å². The summed E-state index contributed by atoms with van der Waals surface area (Å²) in [4.78, 5) is 2.28. The molecule has 0 bridgehead atoms. The molecule has 0 aromatic rings. The Morgan fingerprint density at radius 1 is 1.12 bits per heavy atom. The number of hydrogen-bond donors (Lipinski definition) is 1. The Kier molecular flexibility index (Phi) is 5.28. The highest BCUT2D eigenvalue weighted by Gasteiger charge is 2.20. The van der Waals surface area contributed by atoms with Crippen molar-refractivity contribution in [1.82, 2.24) is 10.2 Å². The number of nitrogens with zero attached hydrogens (tertiary/aromatic N) is 2. The molecule has 0 radical (unpaired) electrons. The van der Waals surface area contributed by atoms with Gasteiger partial charge in [0.05, 0.1) is 12.6 Å². The Morgan fingerprint density at radius 2 is 1.94 bits per heavy atom. The van der Waals surface area contributed by atoms with Crippen molar-refractivity contribution in [3.63, 3.8) is 0 Å². The van der Waals surface area contributed by atoms with Crippen LogP contribution in [0.25, 0.3) is 0 Å². The second-order valence-electron chi connectivity index (χ2n) is 5.64. The molecule has 2 rings (SSSR count). The molecule has 1 aliphatic carbocycles. The molecule has 1 unspecified atom stereocenters. The topological polar surface area (TPSA) is 39.1 Å². The van der Waals surface area contributed by atoms with Gasteiger partial charge in [0.15, 0.2) is 0 Å². The third-order valence-corrected chi connectivity index (χ3v) is 4.22. The molecular formula is C14H25N3. The van der Waals surface area contributed by atoms with Crippen LogP contribution in [0, 0.1) is 17.2 Å². The zero-order valence-electron chi connectivity index (χ0n) is 10.8. The first-order valence-electron chi connectivity index (χ1n) is 7.21. The van der Waals surface area contributed by atoms with Gasteiger partial charge in [0.25, 0.3) is 0 Å². The molecule has 3 nitrogen and oxygen atoms in total. The quantitative estimate of drug-likeness (QED) is 0.759. The average molecular weight is 235 g/mol. The molecule has 0 amide bonds. The standard InChI is InChI=1S/C14H25N3/c15-8-10-17-9-4-7-14(12-17)16-11-13-5-2-1-3-6-13/h13-14,16H,1-7,9-12H2. The molecule has 0 aromatic heterocycles. The maximum absolute atomic E-state index is 8.73. The third kappa shape index (κ3) is 4.29. The highest BCUT2D eigenvalue weighted by Crippen LogP contribution is 2.23. The summed E-state index contributed by atoms with van der Waals surface area (Å²) in [5.41, 5.74) is 0. The molecule has 1 aliphatic heterocycles. The molecule has 3 heteroatoms. The molecule has 1 saturated heterocycles. The van der Waals surface area contributed by atoms with E-state index >= 15 is 0 Å². The van der Waals surface area contributed by atoms with E-state index in [-0.39, 0.29) is 0 Å². The number of nitriles is 1. The normalized spacial score (nSPS) is 27.8. The lowest BCUT2D eigenvalue weighted by atomic mass is 9.89. The lowest BCUT2D eigenvalue weighted by Gasteiger charge is -2.33. The minimum Gasteiger partial charge on any atom is -0.312 e. The van der Waals surface area contributed by atoms with Crippen molar-refractivity contribution in [2.45, 2.75) is 51.0 Å². The first-order chi connectivity index (χ1) is 8.38. The van der Waals surface area contributed by atoms with Crippen LogP contribution in [0.3, 0.4) is 0 Å². The van der Waals surface area contributed by atoms with Gasteiger partial charge >= 0.3 is 0 Å². The van der Waals surface area contributed by atoms with E-state index in [9.17, 15) is 0 Å². The van der Waals surface area contributed by atoms with Crippen molar-refractivity contribution in [1.29, 1.82) is 5.26 Å². The summed E-state index contributed by atoms with van der Waals surface area (Å²) in [6, 6.07) is 2.89. The van der Waals surface area contributed by atoms with Crippen molar-refractivity contribution in [2.24, 2.45) is 5.92 Å². The second-order valence-corrected chi connectivity index (χ2v) is 5.64. The molecule has 1 heterocycles. The Morgan fingerprint density at radius 3 is 2.71 bits per heavy atom. The van der Waals surface area contributed by atoms with Gasteiger partial charge in [-0.3, -0.25) is 4.90 Å². The molecule has 0 spiro atoms. The third-order valence-electron chi connectivity index (χ3n) is 4.22. The molecule has 1 atom stereocenters. The van der Waals surface area contributed by atoms with Gasteiger partial charge in [-0.25, -0.2) is 0 Å². The van der Waals surface area contributed by atoms with Crippen molar-refractivity contribution >= 4 is 0 Å². The maximum atomic E-state index is 8.73. The molecule has 2 fully saturated rings. The number of nitrogens with one attached hydrogen (secondary N) is 1. The van der Waals surface area contributed by atoms with E-state index in [4.69, 9.17) is 5.26 Å². The summed E-state index contributed by atoms with van der Waals surface area (Å²) in [6.07, 6.45) is 9.66. The number of rotatable bonds is 4. The fourth-order valence-corrected chi connectivity index (χ4v) is 3.19. The van der Waals surface area contributed by atoms with Gasteiger partial charge in [-0.2, -0.15) is 5.26 Å². The van der Waals surface area contributed by atoms with Gasteiger partial charge in [-0.15, -0.1) is 0 Å². The zero-order valence-corrected chi connectivity index (χ0v) is 10.8. The highest BCUT2D eigenvalue weighted by atomic mass is 15.2. The SMILES string of the molecule is N#CCN1CCCC(NCC2CCCCC2)C1. The summed E-state index contributed by atoms with van der Waals surface area (Å²) in [7, 11) is 0. The molecule has 2 aliphatic rings. The van der Waals surface area contributed by atoms with E-state index < -0.39 is 0 Å². The fraction of sp³-hybridized carbons (Fsp3) is 0.929. The first kappa shape index (κ1) is 12.9. The van der Waals surface area contributed by atoms with Crippen LogP contribution in [0.1, 0.15) is 44.9 Å². The van der Waals surface area contributed by atoms with Gasteiger partial charge in [0.2, 0.25) is 0 Å². The summed E-state index contributed by atoms with van der Waals surface area (Å²) in [5.74, 6) is 0.912. The smallest absolute Gasteiger partial charge is 0.0866 e. The number of hydrogen-bond acceptors (Lipinski definition) is 3. The maximum Gasteiger partial charge on any atom is 0.0866 e. The number of piperidine rings is 1. The van der Waals surface area contributed by atoms with Crippen LogP contribution in [0.2, 0.25) is 0 Å². The minimum atomic E-state index is 0.599. The zero-order chi connectivity index (χ0) is 11.9. The van der Waals surface area contributed by atoms with E-state index in [1.807, 2.05) is 0 Å². The summed E-state index contributed by atoms with van der Waals surface area (Å²) in [6.45, 7) is 3.97. The van der Waals surface area contributed by atoms with Crippen molar-refractivity contribution in [3.8, 4) is 6.07 Å². The van der Waals surface area contributed by atoms with E-state index in [1.165, 1.54) is 51.5 Å². The Labute approximate surface area is 105 Å². The van der Waals surface area contributed by atoms with E-state index in [2.05, 4.69) is 16.3 Å². The second kappa shape index (κ2) is 6.98. The molecule has 96 valence electrons. The van der Waals surface area contributed by atoms with Gasteiger partial charge in [0.1, 0.15) is 0 Å². The van der Waals surface area contributed by atoms with Crippen LogP contribution >= 0.6 is 0 Å². The molecule has 17 heavy (non-hydrogen) atoms. The first-order valence-corrected chi connectivity index (χ1v) is 7.21. The number of likely N-dealkylation sites (tertiary alicyclic amines) is 1. The minimum absolute atomic E-state index is 0.599. The van der Waals surface area contributed by atoms with Crippen LogP contribution in [0.15, 0.2) is 0 Å².